The number of likely N-dealkylation sites (tertiary alicyclic amines) is 1. The van der Waals surface area contributed by atoms with Gasteiger partial charge in [0.2, 0.25) is 17.6 Å². The van der Waals surface area contributed by atoms with Crippen LogP contribution in [0.1, 0.15) is 38.4 Å². The molecule has 9 nitrogen and oxygen atoms in total. The molecule has 2 aromatic rings. The smallest absolute Gasteiger partial charge is 0.329 e. The number of imide groups is 1. The highest BCUT2D eigenvalue weighted by atomic mass is 16.5. The van der Waals surface area contributed by atoms with Crippen molar-refractivity contribution in [3.8, 4) is 17.2 Å². The lowest BCUT2D eigenvalue weighted by molar-refractivity contribution is -0.159. The highest BCUT2D eigenvalue weighted by Gasteiger charge is 2.51. The molecule has 2 unspecified atom stereocenters. The molecule has 2 heterocycles. The number of aromatic nitrogens is 2. The van der Waals surface area contributed by atoms with Crippen LogP contribution in [-0.4, -0.2) is 46.0 Å². The molecule has 0 radical (unpaired) electrons. The van der Waals surface area contributed by atoms with E-state index in [9.17, 15) is 14.4 Å². The van der Waals surface area contributed by atoms with Crippen molar-refractivity contribution < 1.29 is 28.4 Å². The van der Waals surface area contributed by atoms with Gasteiger partial charge < -0.3 is 14.0 Å². The lowest BCUT2D eigenvalue weighted by atomic mass is 9.81. The second kappa shape index (κ2) is 8.25. The molecule has 1 aromatic carbocycles. The van der Waals surface area contributed by atoms with Gasteiger partial charge in [-0.2, -0.15) is 4.98 Å². The van der Waals surface area contributed by atoms with Crippen LogP contribution in [0.5, 0.6) is 5.75 Å². The highest BCUT2D eigenvalue weighted by Crippen LogP contribution is 2.39. The highest BCUT2D eigenvalue weighted by molar-refractivity contribution is 6.07. The Kier molecular flexibility index (Phi) is 5.52. The van der Waals surface area contributed by atoms with Crippen LogP contribution >= 0.6 is 0 Å². The quantitative estimate of drug-likeness (QED) is 0.524. The molecule has 0 spiro atoms. The lowest BCUT2D eigenvalue weighted by Gasteiger charge is -2.21. The van der Waals surface area contributed by atoms with E-state index < -0.39 is 12.0 Å². The SMILES string of the molecule is COc1ccc(-c2nc(COC(=O)[C@H](C)N3C(=O)C4CCCCC4C3=O)no2)cc1. The van der Waals surface area contributed by atoms with Crippen LogP contribution in [0, 0.1) is 11.8 Å². The number of fused-ring (bicyclic) bond motifs is 1. The molecule has 4 rings (SSSR count). The van der Waals surface area contributed by atoms with Crippen molar-refractivity contribution in [3.63, 3.8) is 0 Å². The van der Waals surface area contributed by atoms with Crippen LogP contribution in [0.15, 0.2) is 28.8 Å². The first-order chi connectivity index (χ1) is 14.5. The molecular formula is C21H23N3O6. The number of hydrogen-bond acceptors (Lipinski definition) is 8. The van der Waals surface area contributed by atoms with Crippen LogP contribution in [0.3, 0.4) is 0 Å². The first-order valence-electron chi connectivity index (χ1n) is 10.00. The summed E-state index contributed by atoms with van der Waals surface area (Å²) in [5.74, 6) is -0.638. The number of amides is 2. The van der Waals surface area contributed by atoms with Gasteiger partial charge in [-0.05, 0) is 44.0 Å². The lowest BCUT2D eigenvalue weighted by Crippen LogP contribution is -2.44. The van der Waals surface area contributed by atoms with Gasteiger partial charge in [-0.25, -0.2) is 4.79 Å². The third-order valence-electron chi connectivity index (χ3n) is 5.75. The summed E-state index contributed by atoms with van der Waals surface area (Å²) in [6, 6.07) is 6.09. The molecule has 2 amide bonds. The van der Waals surface area contributed by atoms with Gasteiger partial charge in [0.25, 0.3) is 5.89 Å². The largest absolute Gasteiger partial charge is 0.497 e. The summed E-state index contributed by atoms with van der Waals surface area (Å²) in [6.45, 7) is 1.29. The zero-order chi connectivity index (χ0) is 21.3. The number of hydrogen-bond donors (Lipinski definition) is 0. The molecule has 2 aliphatic rings. The van der Waals surface area contributed by atoms with Gasteiger partial charge in [0.05, 0.1) is 18.9 Å². The maximum atomic E-state index is 12.6. The number of carbonyl (C=O) groups excluding carboxylic acids is 3. The second-order valence-corrected chi connectivity index (χ2v) is 7.57. The van der Waals surface area contributed by atoms with Crippen molar-refractivity contribution in [2.45, 2.75) is 45.3 Å². The van der Waals surface area contributed by atoms with Gasteiger partial charge in [0.1, 0.15) is 11.8 Å². The summed E-state index contributed by atoms with van der Waals surface area (Å²) in [5.41, 5.74) is 0.699. The molecule has 0 N–H and O–H groups in total. The number of methoxy groups -OCH3 is 1. The Morgan fingerprint density at radius 1 is 1.17 bits per heavy atom. The second-order valence-electron chi connectivity index (χ2n) is 7.57. The van der Waals surface area contributed by atoms with Gasteiger partial charge in [-0.3, -0.25) is 14.5 Å². The van der Waals surface area contributed by atoms with Crippen molar-refractivity contribution in [2.75, 3.05) is 7.11 Å². The molecule has 158 valence electrons. The van der Waals surface area contributed by atoms with Crippen molar-refractivity contribution in [1.29, 1.82) is 0 Å². The number of carbonyl (C=O) groups is 3. The molecule has 3 atom stereocenters. The van der Waals surface area contributed by atoms with Gasteiger partial charge in [0, 0.05) is 5.56 Å². The van der Waals surface area contributed by atoms with E-state index in [1.807, 2.05) is 0 Å². The minimum Gasteiger partial charge on any atom is -0.497 e. The molecule has 9 heteroatoms. The monoisotopic (exact) mass is 413 g/mol. The van der Waals surface area contributed by atoms with Gasteiger partial charge >= 0.3 is 5.97 Å². The number of benzene rings is 1. The van der Waals surface area contributed by atoms with Gasteiger partial charge in [-0.1, -0.05) is 18.0 Å². The van der Waals surface area contributed by atoms with Crippen molar-refractivity contribution in [1.82, 2.24) is 15.0 Å². The van der Waals surface area contributed by atoms with Crippen molar-refractivity contribution >= 4 is 17.8 Å². The molecule has 1 aromatic heterocycles. The van der Waals surface area contributed by atoms with Crippen LogP contribution in [0.4, 0.5) is 0 Å². The van der Waals surface area contributed by atoms with Crippen LogP contribution in [0.25, 0.3) is 11.5 Å². The summed E-state index contributed by atoms with van der Waals surface area (Å²) < 4.78 is 15.6. The molecule has 1 aliphatic carbocycles. The summed E-state index contributed by atoms with van der Waals surface area (Å²) in [5, 5.41) is 3.81. The van der Waals surface area contributed by atoms with Crippen molar-refractivity contribution in [2.24, 2.45) is 11.8 Å². The maximum Gasteiger partial charge on any atom is 0.329 e. The minimum absolute atomic E-state index is 0.189. The third-order valence-corrected chi connectivity index (χ3v) is 5.75. The predicted molar refractivity (Wildman–Crippen MR) is 103 cm³/mol. The summed E-state index contributed by atoms with van der Waals surface area (Å²) in [7, 11) is 1.58. The van der Waals surface area contributed by atoms with E-state index in [1.165, 1.54) is 6.92 Å². The molecule has 0 bridgehead atoms. The van der Waals surface area contributed by atoms with E-state index in [4.69, 9.17) is 14.0 Å². The Bertz CT molecular complexity index is 930. The van der Waals surface area contributed by atoms with E-state index in [1.54, 1.807) is 31.4 Å². The fourth-order valence-electron chi connectivity index (χ4n) is 4.09. The molecular weight excluding hydrogens is 390 g/mol. The van der Waals surface area contributed by atoms with E-state index in [-0.39, 0.29) is 42.0 Å². The fraction of sp³-hybridized carbons (Fsp3) is 0.476. The summed E-state index contributed by atoms with van der Waals surface area (Å²) in [4.78, 5) is 43.0. The van der Waals surface area contributed by atoms with E-state index in [2.05, 4.69) is 10.1 Å². The Morgan fingerprint density at radius 3 is 2.40 bits per heavy atom. The first-order valence-corrected chi connectivity index (χ1v) is 10.00. The standard InChI is InChI=1S/C21H23N3O6/c1-12(24-19(25)15-5-3-4-6-16(15)20(24)26)21(27)29-11-17-22-18(30-23-17)13-7-9-14(28-2)10-8-13/h7-10,12,15-16H,3-6,11H2,1-2H3/t12-,15?,16?/m0/s1. The van der Waals surface area contributed by atoms with Crippen LogP contribution in [-0.2, 0) is 25.7 Å². The van der Waals surface area contributed by atoms with E-state index in [0.29, 0.717) is 24.2 Å². The van der Waals surface area contributed by atoms with E-state index >= 15 is 0 Å². The first kappa shape index (κ1) is 20.1. The van der Waals surface area contributed by atoms with Crippen LogP contribution < -0.4 is 4.74 Å². The average molecular weight is 413 g/mol. The fourth-order valence-corrected chi connectivity index (χ4v) is 4.09. The van der Waals surface area contributed by atoms with Crippen LogP contribution in [0.2, 0.25) is 0 Å². The topological polar surface area (TPSA) is 112 Å². The summed E-state index contributed by atoms with van der Waals surface area (Å²) >= 11 is 0. The summed E-state index contributed by atoms with van der Waals surface area (Å²) in [6.07, 6.45) is 3.26. The Balaban J connectivity index is 1.37. The minimum atomic E-state index is -0.983. The van der Waals surface area contributed by atoms with Crippen molar-refractivity contribution in [3.05, 3.63) is 30.1 Å². The number of esters is 1. The zero-order valence-corrected chi connectivity index (χ0v) is 16.9. The van der Waals surface area contributed by atoms with E-state index in [0.717, 1.165) is 17.7 Å². The average Bonchev–Trinajstić information content (AvgIpc) is 3.35. The molecule has 1 saturated heterocycles. The Hall–Kier alpha value is -3.23. The molecule has 30 heavy (non-hydrogen) atoms. The number of ether oxygens (including phenoxy) is 2. The zero-order valence-electron chi connectivity index (χ0n) is 16.9. The van der Waals surface area contributed by atoms with Gasteiger partial charge in [0.15, 0.2) is 6.61 Å². The normalized spacial score (nSPS) is 22.0. The maximum absolute atomic E-state index is 12.6. The molecule has 1 aliphatic heterocycles. The molecule has 2 fully saturated rings. The number of nitrogens with zero attached hydrogens (tertiary/aromatic N) is 3. The molecule has 1 saturated carbocycles. The Morgan fingerprint density at radius 2 is 1.80 bits per heavy atom. The predicted octanol–water partition coefficient (Wildman–Crippen LogP) is 2.35. The Labute approximate surface area is 173 Å². The number of rotatable bonds is 6. The van der Waals surface area contributed by atoms with Gasteiger partial charge in [-0.15, -0.1) is 0 Å². The third kappa shape index (κ3) is 3.67.